The van der Waals surface area contributed by atoms with Crippen molar-refractivity contribution < 1.29 is 18.3 Å². The molecule has 0 aromatic heterocycles. The number of hydrogen-bond acceptors (Lipinski definition) is 3. The van der Waals surface area contributed by atoms with Crippen LogP contribution in [0, 0.1) is 5.92 Å². The molecule has 1 aromatic carbocycles. The van der Waals surface area contributed by atoms with E-state index < -0.39 is 6.61 Å². The first-order chi connectivity index (χ1) is 9.06. The Labute approximate surface area is 110 Å². The van der Waals surface area contributed by atoms with Gasteiger partial charge in [0, 0.05) is 11.8 Å². The highest BCUT2D eigenvalue weighted by atomic mass is 19.3. The molecule has 2 unspecified atom stereocenters. The normalized spacial score (nSPS) is 22.5. The smallest absolute Gasteiger partial charge is 0.387 e. The number of alkyl halides is 2. The first kappa shape index (κ1) is 13.7. The molecule has 1 amide bonds. The van der Waals surface area contributed by atoms with Crippen molar-refractivity contribution in [3.8, 4) is 5.75 Å². The van der Waals surface area contributed by atoms with Gasteiger partial charge < -0.3 is 15.4 Å². The van der Waals surface area contributed by atoms with Crippen LogP contribution in [-0.4, -0.2) is 25.1 Å². The van der Waals surface area contributed by atoms with Gasteiger partial charge >= 0.3 is 6.61 Å². The van der Waals surface area contributed by atoms with Crippen molar-refractivity contribution in [2.45, 2.75) is 26.0 Å². The van der Waals surface area contributed by atoms with Gasteiger partial charge in [-0.05, 0) is 31.0 Å². The van der Waals surface area contributed by atoms with Crippen LogP contribution in [0.5, 0.6) is 5.75 Å². The molecule has 1 aliphatic heterocycles. The fourth-order valence-electron chi connectivity index (χ4n) is 2.16. The maximum atomic E-state index is 12.1. The number of rotatable bonds is 4. The second-order valence-electron chi connectivity index (χ2n) is 4.59. The average Bonchev–Trinajstić information content (AvgIpc) is 2.75. The number of amides is 1. The summed E-state index contributed by atoms with van der Waals surface area (Å²) in [4.78, 5) is 12.0. The van der Waals surface area contributed by atoms with Gasteiger partial charge in [-0.3, -0.25) is 4.79 Å². The van der Waals surface area contributed by atoms with Crippen LogP contribution in [0.2, 0.25) is 0 Å². The molecule has 104 valence electrons. The molecule has 1 heterocycles. The van der Waals surface area contributed by atoms with Gasteiger partial charge in [0.05, 0.1) is 6.04 Å². The summed E-state index contributed by atoms with van der Waals surface area (Å²) in [7, 11) is 0. The van der Waals surface area contributed by atoms with Gasteiger partial charge in [-0.15, -0.1) is 0 Å². The molecule has 0 aliphatic carbocycles. The fourth-order valence-corrected chi connectivity index (χ4v) is 2.16. The molecule has 0 saturated carbocycles. The number of carbonyl (C=O) groups excluding carboxylic acids is 1. The number of anilines is 1. The lowest BCUT2D eigenvalue weighted by molar-refractivity contribution is -0.118. The zero-order valence-electron chi connectivity index (χ0n) is 10.5. The van der Waals surface area contributed by atoms with Crippen molar-refractivity contribution in [1.29, 1.82) is 0 Å². The minimum atomic E-state index is -2.87. The summed E-state index contributed by atoms with van der Waals surface area (Å²) in [6, 6.07) is 5.75. The minimum Gasteiger partial charge on any atom is -0.435 e. The second-order valence-corrected chi connectivity index (χ2v) is 4.59. The molecule has 0 radical (unpaired) electrons. The van der Waals surface area contributed by atoms with E-state index in [9.17, 15) is 13.6 Å². The molecule has 2 atom stereocenters. The van der Waals surface area contributed by atoms with Gasteiger partial charge in [-0.25, -0.2) is 0 Å². The third-order valence-electron chi connectivity index (χ3n) is 3.14. The van der Waals surface area contributed by atoms with Crippen molar-refractivity contribution in [3.05, 3.63) is 24.3 Å². The number of hydrogen-bond donors (Lipinski definition) is 2. The predicted octanol–water partition coefficient (Wildman–Crippen LogP) is 2.22. The molecular weight excluding hydrogens is 254 g/mol. The Morgan fingerprint density at radius 1 is 1.53 bits per heavy atom. The zero-order chi connectivity index (χ0) is 13.8. The van der Waals surface area contributed by atoms with E-state index in [2.05, 4.69) is 15.4 Å². The molecule has 1 aromatic rings. The van der Waals surface area contributed by atoms with Crippen molar-refractivity contribution in [3.63, 3.8) is 0 Å². The van der Waals surface area contributed by atoms with E-state index in [1.54, 1.807) is 12.1 Å². The molecule has 0 spiro atoms. The second kappa shape index (κ2) is 5.97. The fraction of sp³-hybridized carbons (Fsp3) is 0.462. The first-order valence-corrected chi connectivity index (χ1v) is 6.15. The molecule has 19 heavy (non-hydrogen) atoms. The number of carbonyl (C=O) groups is 1. The van der Waals surface area contributed by atoms with Crippen LogP contribution in [0.4, 0.5) is 14.5 Å². The monoisotopic (exact) mass is 270 g/mol. The van der Waals surface area contributed by atoms with Crippen LogP contribution >= 0.6 is 0 Å². The Hall–Kier alpha value is -1.69. The Balaban J connectivity index is 2.00. The summed E-state index contributed by atoms with van der Waals surface area (Å²) in [6.45, 7) is -0.0589. The van der Waals surface area contributed by atoms with Gasteiger partial charge in [0.25, 0.3) is 0 Å². The van der Waals surface area contributed by atoms with E-state index in [1.165, 1.54) is 12.1 Å². The Kier molecular flexibility index (Phi) is 4.31. The summed E-state index contributed by atoms with van der Waals surface area (Å²) in [5.74, 6) is 0.139. The highest BCUT2D eigenvalue weighted by molar-refractivity contribution is 5.95. The number of nitrogens with one attached hydrogen (secondary N) is 2. The lowest BCUT2D eigenvalue weighted by Gasteiger charge is -2.15. The molecule has 1 aliphatic rings. The van der Waals surface area contributed by atoms with Crippen LogP contribution < -0.4 is 15.4 Å². The molecular formula is C13H16F2N2O2. The standard InChI is InChI=1S/C13H16F2N2O2/c1-8-5-6-16-11(8)12(18)17-9-3-2-4-10(7-9)19-13(14)15/h2-4,7-8,11,13,16H,5-6H2,1H3,(H,17,18). The lowest BCUT2D eigenvalue weighted by atomic mass is 10.0. The van der Waals surface area contributed by atoms with Crippen molar-refractivity contribution in [2.24, 2.45) is 5.92 Å². The highest BCUT2D eigenvalue weighted by Crippen LogP contribution is 2.21. The van der Waals surface area contributed by atoms with Crippen molar-refractivity contribution >= 4 is 11.6 Å². The number of halogens is 2. The van der Waals surface area contributed by atoms with E-state index in [-0.39, 0.29) is 23.6 Å². The van der Waals surface area contributed by atoms with Crippen molar-refractivity contribution in [1.82, 2.24) is 5.32 Å². The Bertz CT molecular complexity index is 454. The number of ether oxygens (including phenoxy) is 1. The molecule has 6 heteroatoms. The van der Waals surface area contributed by atoms with Gasteiger partial charge in [0.2, 0.25) is 5.91 Å². The summed E-state index contributed by atoms with van der Waals surface area (Å²) >= 11 is 0. The van der Waals surface area contributed by atoms with Crippen LogP contribution in [-0.2, 0) is 4.79 Å². The van der Waals surface area contributed by atoms with Crippen LogP contribution in [0.3, 0.4) is 0 Å². The van der Waals surface area contributed by atoms with Crippen LogP contribution in [0.15, 0.2) is 24.3 Å². The largest absolute Gasteiger partial charge is 0.435 e. The predicted molar refractivity (Wildman–Crippen MR) is 67.3 cm³/mol. The maximum Gasteiger partial charge on any atom is 0.387 e. The molecule has 2 rings (SSSR count). The van der Waals surface area contributed by atoms with Gasteiger partial charge in [0.1, 0.15) is 5.75 Å². The van der Waals surface area contributed by atoms with Gasteiger partial charge in [-0.1, -0.05) is 13.0 Å². The van der Waals surface area contributed by atoms with Crippen molar-refractivity contribution in [2.75, 3.05) is 11.9 Å². The topological polar surface area (TPSA) is 50.4 Å². The Morgan fingerprint density at radius 3 is 2.95 bits per heavy atom. The SMILES string of the molecule is CC1CCNC1C(=O)Nc1cccc(OC(F)F)c1. The minimum absolute atomic E-state index is 0.0280. The van der Waals surface area contributed by atoms with Crippen LogP contribution in [0.25, 0.3) is 0 Å². The summed E-state index contributed by atoms with van der Waals surface area (Å²) in [5, 5.41) is 5.81. The Morgan fingerprint density at radius 2 is 2.32 bits per heavy atom. The third-order valence-corrected chi connectivity index (χ3v) is 3.14. The van der Waals surface area contributed by atoms with Gasteiger partial charge in [0.15, 0.2) is 0 Å². The average molecular weight is 270 g/mol. The number of benzene rings is 1. The van der Waals surface area contributed by atoms with Crippen LogP contribution in [0.1, 0.15) is 13.3 Å². The molecule has 0 bridgehead atoms. The third kappa shape index (κ3) is 3.64. The van der Waals surface area contributed by atoms with E-state index >= 15 is 0 Å². The summed E-state index contributed by atoms with van der Waals surface area (Å²) in [5.41, 5.74) is 0.448. The molecule has 2 N–H and O–H groups in total. The summed E-state index contributed by atoms with van der Waals surface area (Å²) < 4.78 is 28.5. The van der Waals surface area contributed by atoms with E-state index in [0.717, 1.165) is 13.0 Å². The van der Waals surface area contributed by atoms with E-state index in [1.807, 2.05) is 6.92 Å². The first-order valence-electron chi connectivity index (χ1n) is 6.15. The van der Waals surface area contributed by atoms with E-state index in [0.29, 0.717) is 5.69 Å². The lowest BCUT2D eigenvalue weighted by Crippen LogP contribution is -2.39. The highest BCUT2D eigenvalue weighted by Gasteiger charge is 2.29. The molecule has 1 fully saturated rings. The molecule has 1 saturated heterocycles. The molecule has 4 nitrogen and oxygen atoms in total. The van der Waals surface area contributed by atoms with Gasteiger partial charge in [-0.2, -0.15) is 8.78 Å². The van der Waals surface area contributed by atoms with E-state index in [4.69, 9.17) is 0 Å². The zero-order valence-corrected chi connectivity index (χ0v) is 10.5. The summed E-state index contributed by atoms with van der Waals surface area (Å²) in [6.07, 6.45) is 0.951. The quantitative estimate of drug-likeness (QED) is 0.882. The maximum absolute atomic E-state index is 12.1.